The summed E-state index contributed by atoms with van der Waals surface area (Å²) in [7, 11) is 3.05. The van der Waals surface area contributed by atoms with Gasteiger partial charge in [0.05, 0.1) is 66.7 Å². The SMILES string of the molecule is C=CC(=O)NC1COC[C@H]1Nc1cc2c(N3CCC(C)(C#N)CC3)nc(-c3c(Cl)c(OC)cc(OC)c3Cl)cc2cn1. The van der Waals surface area contributed by atoms with Crippen molar-refractivity contribution in [3.63, 3.8) is 0 Å². The van der Waals surface area contributed by atoms with Crippen molar-refractivity contribution in [1.82, 2.24) is 15.3 Å². The monoisotopic (exact) mass is 610 g/mol. The van der Waals surface area contributed by atoms with E-state index in [1.807, 2.05) is 19.1 Å². The third-order valence-corrected chi connectivity index (χ3v) is 8.64. The van der Waals surface area contributed by atoms with E-state index in [1.54, 1.807) is 12.3 Å². The van der Waals surface area contributed by atoms with E-state index in [0.717, 1.165) is 16.6 Å². The predicted molar refractivity (Wildman–Crippen MR) is 164 cm³/mol. The van der Waals surface area contributed by atoms with Crippen molar-refractivity contribution >= 4 is 51.5 Å². The molecule has 1 unspecified atom stereocenters. The van der Waals surface area contributed by atoms with Crippen molar-refractivity contribution in [2.75, 3.05) is 50.7 Å². The van der Waals surface area contributed by atoms with Crippen LogP contribution in [-0.4, -0.2) is 68.5 Å². The quantitative estimate of drug-likeness (QED) is 0.330. The number of halogens is 2. The standard InChI is InChI=1S/C30H32Cl2N6O4/c1-5-25(39)36-21-15-42-14-20(21)35-24-11-18-17(13-34-24)10-19(26-27(31)22(40-3)12-23(41-4)28(26)32)37-29(18)38-8-6-30(2,16-33)7-9-38/h5,10-13,20-21H,1,6-9,14-15H2,2-4H3,(H,34,35)(H,36,39)/t20-,21?/m1/s1. The first-order valence-corrected chi connectivity index (χ1v) is 14.3. The second-order valence-electron chi connectivity index (χ2n) is 10.7. The number of carbonyl (C=O) groups excluding carboxylic acids is 1. The molecule has 2 atom stereocenters. The summed E-state index contributed by atoms with van der Waals surface area (Å²) in [5.41, 5.74) is 0.637. The van der Waals surface area contributed by atoms with E-state index < -0.39 is 5.41 Å². The number of nitrogens with one attached hydrogen (secondary N) is 2. The third kappa shape index (κ3) is 5.77. The van der Waals surface area contributed by atoms with Gasteiger partial charge in [-0.05, 0) is 38.0 Å². The molecule has 0 spiro atoms. The lowest BCUT2D eigenvalue weighted by Gasteiger charge is -2.36. The highest BCUT2D eigenvalue weighted by Gasteiger charge is 2.33. The Bertz CT molecular complexity index is 1540. The van der Waals surface area contributed by atoms with Crippen LogP contribution in [-0.2, 0) is 9.53 Å². The van der Waals surface area contributed by atoms with Gasteiger partial charge in [-0.15, -0.1) is 0 Å². The smallest absolute Gasteiger partial charge is 0.243 e. The number of amides is 1. The van der Waals surface area contributed by atoms with Gasteiger partial charge in [0, 0.05) is 41.7 Å². The fraction of sp³-hybridized carbons (Fsp3) is 0.400. The lowest BCUT2D eigenvalue weighted by Crippen LogP contribution is -2.45. The Morgan fingerprint density at radius 3 is 2.45 bits per heavy atom. The molecule has 42 heavy (non-hydrogen) atoms. The summed E-state index contributed by atoms with van der Waals surface area (Å²) in [4.78, 5) is 23.9. The summed E-state index contributed by atoms with van der Waals surface area (Å²) in [6.07, 6.45) is 4.41. The number of hydrogen-bond donors (Lipinski definition) is 2. The molecule has 1 amide bonds. The van der Waals surface area contributed by atoms with Crippen LogP contribution in [0.3, 0.4) is 0 Å². The molecule has 0 aliphatic carbocycles. The van der Waals surface area contributed by atoms with E-state index in [-0.39, 0.29) is 18.0 Å². The van der Waals surface area contributed by atoms with Crippen LogP contribution in [0.15, 0.2) is 37.1 Å². The van der Waals surface area contributed by atoms with E-state index in [4.69, 9.17) is 42.4 Å². The number of hydrogen-bond acceptors (Lipinski definition) is 9. The van der Waals surface area contributed by atoms with Crippen LogP contribution in [0.4, 0.5) is 11.6 Å². The molecular formula is C30H32Cl2N6O4. The van der Waals surface area contributed by atoms with Crippen molar-refractivity contribution in [2.24, 2.45) is 5.41 Å². The number of fused-ring (bicyclic) bond motifs is 1. The summed E-state index contributed by atoms with van der Waals surface area (Å²) in [6, 6.07) is 7.52. The Morgan fingerprint density at radius 2 is 1.83 bits per heavy atom. The van der Waals surface area contributed by atoms with Gasteiger partial charge in [0.15, 0.2) is 0 Å². The van der Waals surface area contributed by atoms with E-state index >= 15 is 0 Å². The zero-order chi connectivity index (χ0) is 30.0. The van der Waals surface area contributed by atoms with Gasteiger partial charge in [0.2, 0.25) is 5.91 Å². The summed E-state index contributed by atoms with van der Waals surface area (Å²) >= 11 is 13.6. The first-order chi connectivity index (χ1) is 20.2. The van der Waals surface area contributed by atoms with Crippen molar-refractivity contribution < 1.29 is 19.0 Å². The fourth-order valence-electron chi connectivity index (χ4n) is 5.28. The maximum atomic E-state index is 11.9. The topological polar surface area (TPSA) is 122 Å². The normalized spacial score (nSPS) is 19.7. The molecule has 2 aliphatic heterocycles. The summed E-state index contributed by atoms with van der Waals surface area (Å²) < 4.78 is 16.6. The molecule has 2 aliphatic rings. The number of methoxy groups -OCH3 is 2. The first-order valence-electron chi connectivity index (χ1n) is 13.5. The average molecular weight is 612 g/mol. The highest BCUT2D eigenvalue weighted by atomic mass is 35.5. The zero-order valence-corrected chi connectivity index (χ0v) is 25.2. The molecule has 0 saturated carbocycles. The fourth-order valence-corrected chi connectivity index (χ4v) is 5.98. The molecule has 2 saturated heterocycles. The zero-order valence-electron chi connectivity index (χ0n) is 23.7. The number of benzene rings is 1. The van der Waals surface area contributed by atoms with Crippen LogP contribution >= 0.6 is 23.2 Å². The van der Waals surface area contributed by atoms with Crippen molar-refractivity contribution in [3.05, 3.63) is 47.1 Å². The lowest BCUT2D eigenvalue weighted by atomic mass is 9.82. The Hall–Kier alpha value is -3.78. The Labute approximate surface area is 254 Å². The van der Waals surface area contributed by atoms with Crippen LogP contribution in [0, 0.1) is 16.7 Å². The van der Waals surface area contributed by atoms with Gasteiger partial charge in [0.25, 0.3) is 0 Å². The number of carbonyl (C=O) groups is 1. The molecule has 1 aromatic carbocycles. The minimum Gasteiger partial charge on any atom is -0.495 e. The van der Waals surface area contributed by atoms with Gasteiger partial charge in [-0.2, -0.15) is 5.26 Å². The van der Waals surface area contributed by atoms with Crippen molar-refractivity contribution in [1.29, 1.82) is 5.26 Å². The van der Waals surface area contributed by atoms with E-state index in [0.29, 0.717) is 77.8 Å². The van der Waals surface area contributed by atoms with E-state index in [1.165, 1.54) is 20.3 Å². The lowest BCUT2D eigenvalue weighted by molar-refractivity contribution is -0.117. The van der Waals surface area contributed by atoms with Crippen molar-refractivity contribution in [2.45, 2.75) is 31.8 Å². The molecule has 0 bridgehead atoms. The third-order valence-electron chi connectivity index (χ3n) is 7.89. The van der Waals surface area contributed by atoms with Gasteiger partial charge < -0.3 is 29.7 Å². The second kappa shape index (κ2) is 12.2. The Morgan fingerprint density at radius 1 is 1.17 bits per heavy atom. The van der Waals surface area contributed by atoms with Gasteiger partial charge >= 0.3 is 0 Å². The molecule has 4 heterocycles. The number of rotatable bonds is 8. The Balaban J connectivity index is 1.60. The number of anilines is 2. The molecule has 12 heteroatoms. The van der Waals surface area contributed by atoms with Crippen LogP contribution < -0.4 is 25.0 Å². The maximum absolute atomic E-state index is 11.9. The van der Waals surface area contributed by atoms with Gasteiger partial charge in [-0.25, -0.2) is 9.97 Å². The number of aromatic nitrogens is 2. The van der Waals surface area contributed by atoms with Crippen molar-refractivity contribution in [3.8, 4) is 28.8 Å². The molecule has 2 N–H and O–H groups in total. The molecule has 5 rings (SSSR count). The molecule has 10 nitrogen and oxygen atoms in total. The number of nitrogens with zero attached hydrogens (tertiary/aromatic N) is 4. The molecule has 2 fully saturated rings. The largest absolute Gasteiger partial charge is 0.495 e. The van der Waals surface area contributed by atoms with Crippen LogP contribution in [0.2, 0.25) is 10.0 Å². The Kier molecular flexibility index (Phi) is 8.64. The maximum Gasteiger partial charge on any atom is 0.243 e. The van der Waals surface area contributed by atoms with Gasteiger partial charge in [0.1, 0.15) is 23.1 Å². The number of pyridine rings is 2. The minimum absolute atomic E-state index is 0.178. The highest BCUT2D eigenvalue weighted by Crippen LogP contribution is 2.47. The molecule has 3 aromatic rings. The molecular weight excluding hydrogens is 579 g/mol. The van der Waals surface area contributed by atoms with Gasteiger partial charge in [-0.3, -0.25) is 4.79 Å². The van der Waals surface area contributed by atoms with Gasteiger partial charge in [-0.1, -0.05) is 29.8 Å². The second-order valence-corrected chi connectivity index (χ2v) is 11.4. The van der Waals surface area contributed by atoms with E-state index in [9.17, 15) is 10.1 Å². The van der Waals surface area contributed by atoms with Crippen LogP contribution in [0.1, 0.15) is 19.8 Å². The summed E-state index contributed by atoms with van der Waals surface area (Å²) in [6.45, 7) is 7.62. The molecule has 220 valence electrons. The van der Waals surface area contributed by atoms with Crippen LogP contribution in [0.25, 0.3) is 22.0 Å². The minimum atomic E-state index is -0.391. The first kappa shape index (κ1) is 29.7. The predicted octanol–water partition coefficient (Wildman–Crippen LogP) is 5.23. The summed E-state index contributed by atoms with van der Waals surface area (Å²) in [5, 5.41) is 18.3. The number of piperidine rings is 1. The molecule has 2 aromatic heterocycles. The average Bonchev–Trinajstić information content (AvgIpc) is 3.43. The number of ether oxygens (including phenoxy) is 3. The van der Waals surface area contributed by atoms with E-state index in [2.05, 4.69) is 33.2 Å². The molecule has 0 radical (unpaired) electrons. The highest BCUT2D eigenvalue weighted by molar-refractivity contribution is 6.41. The number of nitriles is 1. The van der Waals surface area contributed by atoms with Crippen LogP contribution in [0.5, 0.6) is 11.5 Å². The summed E-state index contributed by atoms with van der Waals surface area (Å²) in [5.74, 6) is 1.90.